The van der Waals surface area contributed by atoms with Crippen LogP contribution in [-0.2, 0) is 10.0 Å². The van der Waals surface area contributed by atoms with Gasteiger partial charge >= 0.3 is 0 Å². The summed E-state index contributed by atoms with van der Waals surface area (Å²) in [4.78, 5) is 22.6. The third kappa shape index (κ3) is 5.02. The molecule has 0 saturated carbocycles. The zero-order chi connectivity index (χ0) is 21.9. The van der Waals surface area contributed by atoms with Crippen molar-refractivity contribution in [3.63, 3.8) is 0 Å². The monoisotopic (exact) mass is 489 g/mol. The average molecular weight is 490 g/mol. The lowest BCUT2D eigenvalue weighted by molar-refractivity contribution is -0.384. The molecular weight excluding hydrogens is 474 g/mol. The molecule has 0 fully saturated rings. The standard InChI is InChI=1S/C20H16BrN3O5S/c1-13-2-7-17(22-20(25)14-3-10-18(11-4-14)24(26)27)12-19(13)30(28,29)23-16-8-5-15(21)6-9-16/h2-12,23H,1H3,(H,22,25). The number of nitro groups is 1. The number of carbonyl (C=O) groups excluding carboxylic acids is 1. The van der Waals surface area contributed by atoms with Gasteiger partial charge in [-0.25, -0.2) is 8.42 Å². The van der Waals surface area contributed by atoms with E-state index in [0.29, 0.717) is 11.3 Å². The minimum atomic E-state index is -3.89. The van der Waals surface area contributed by atoms with Crippen LogP contribution in [0, 0.1) is 17.0 Å². The Balaban J connectivity index is 1.82. The molecule has 2 N–H and O–H groups in total. The van der Waals surface area contributed by atoms with Gasteiger partial charge in [0.25, 0.3) is 21.6 Å². The van der Waals surface area contributed by atoms with Crippen LogP contribution in [0.1, 0.15) is 15.9 Å². The number of halogens is 1. The number of amides is 1. The van der Waals surface area contributed by atoms with Gasteiger partial charge in [-0.3, -0.25) is 19.6 Å². The predicted molar refractivity (Wildman–Crippen MR) is 117 cm³/mol. The fraction of sp³-hybridized carbons (Fsp3) is 0.0500. The number of rotatable bonds is 6. The van der Waals surface area contributed by atoms with Crippen molar-refractivity contribution in [1.29, 1.82) is 0 Å². The van der Waals surface area contributed by atoms with Crippen LogP contribution < -0.4 is 10.0 Å². The summed E-state index contributed by atoms with van der Waals surface area (Å²) < 4.78 is 29.0. The highest BCUT2D eigenvalue weighted by Gasteiger charge is 2.19. The predicted octanol–water partition coefficient (Wildman–Crippen LogP) is 4.72. The molecule has 0 aromatic heterocycles. The zero-order valence-electron chi connectivity index (χ0n) is 15.6. The lowest BCUT2D eigenvalue weighted by Gasteiger charge is -2.13. The summed E-state index contributed by atoms with van der Waals surface area (Å²) in [6, 6.07) is 16.3. The molecule has 30 heavy (non-hydrogen) atoms. The molecule has 0 aliphatic rings. The number of nitrogens with zero attached hydrogens (tertiary/aromatic N) is 1. The molecule has 0 saturated heterocycles. The summed E-state index contributed by atoms with van der Waals surface area (Å²) in [5, 5.41) is 13.3. The van der Waals surface area contributed by atoms with E-state index >= 15 is 0 Å². The number of hydrogen-bond acceptors (Lipinski definition) is 5. The SMILES string of the molecule is Cc1ccc(NC(=O)c2ccc([N+](=O)[O-])cc2)cc1S(=O)(=O)Nc1ccc(Br)cc1. The number of hydrogen-bond donors (Lipinski definition) is 2. The van der Waals surface area contributed by atoms with Crippen LogP contribution in [-0.4, -0.2) is 19.2 Å². The second kappa shape index (κ2) is 8.64. The fourth-order valence-electron chi connectivity index (χ4n) is 2.63. The van der Waals surface area contributed by atoms with Crippen LogP contribution >= 0.6 is 15.9 Å². The summed E-state index contributed by atoms with van der Waals surface area (Å²) in [6.45, 7) is 1.65. The minimum Gasteiger partial charge on any atom is -0.322 e. The van der Waals surface area contributed by atoms with Gasteiger partial charge in [0.1, 0.15) is 0 Å². The number of nitrogens with one attached hydrogen (secondary N) is 2. The van der Waals surface area contributed by atoms with Gasteiger partial charge in [0.15, 0.2) is 0 Å². The van der Waals surface area contributed by atoms with Crippen LogP contribution in [0.3, 0.4) is 0 Å². The van der Waals surface area contributed by atoms with E-state index < -0.39 is 20.9 Å². The van der Waals surface area contributed by atoms with Crippen LogP contribution in [0.5, 0.6) is 0 Å². The molecule has 0 bridgehead atoms. The highest BCUT2D eigenvalue weighted by Crippen LogP contribution is 2.24. The summed E-state index contributed by atoms with van der Waals surface area (Å²) >= 11 is 3.29. The molecule has 0 aliphatic heterocycles. The molecule has 0 unspecified atom stereocenters. The smallest absolute Gasteiger partial charge is 0.269 e. The second-order valence-electron chi connectivity index (χ2n) is 6.35. The van der Waals surface area contributed by atoms with Crippen molar-refractivity contribution < 1.29 is 18.1 Å². The van der Waals surface area contributed by atoms with Gasteiger partial charge in [-0.1, -0.05) is 22.0 Å². The maximum atomic E-state index is 12.8. The number of aryl methyl sites for hydroxylation is 1. The molecule has 1 amide bonds. The molecule has 3 aromatic carbocycles. The van der Waals surface area contributed by atoms with E-state index in [0.717, 1.165) is 4.47 Å². The van der Waals surface area contributed by atoms with Gasteiger partial charge in [-0.05, 0) is 61.0 Å². The van der Waals surface area contributed by atoms with Gasteiger partial charge in [0, 0.05) is 33.5 Å². The van der Waals surface area contributed by atoms with Crippen molar-refractivity contribution in [1.82, 2.24) is 0 Å². The number of non-ortho nitro benzene ring substituents is 1. The van der Waals surface area contributed by atoms with Gasteiger partial charge in [-0.2, -0.15) is 0 Å². The first-order valence-electron chi connectivity index (χ1n) is 8.60. The Morgan fingerprint density at radius 3 is 2.17 bits per heavy atom. The van der Waals surface area contributed by atoms with E-state index in [-0.39, 0.29) is 21.8 Å². The van der Waals surface area contributed by atoms with E-state index in [1.165, 1.54) is 30.3 Å². The van der Waals surface area contributed by atoms with Crippen LogP contribution in [0.4, 0.5) is 17.1 Å². The van der Waals surface area contributed by atoms with Crippen molar-refractivity contribution in [2.24, 2.45) is 0 Å². The van der Waals surface area contributed by atoms with Crippen LogP contribution in [0.2, 0.25) is 0 Å². The van der Waals surface area contributed by atoms with Gasteiger partial charge in [0.2, 0.25) is 0 Å². The van der Waals surface area contributed by atoms with E-state index in [1.54, 1.807) is 43.3 Å². The quantitative estimate of drug-likeness (QED) is 0.383. The maximum Gasteiger partial charge on any atom is 0.269 e. The van der Waals surface area contributed by atoms with E-state index in [9.17, 15) is 23.3 Å². The Morgan fingerprint density at radius 2 is 1.57 bits per heavy atom. The molecule has 0 spiro atoms. The first kappa shape index (κ1) is 21.5. The molecule has 0 atom stereocenters. The Hall–Kier alpha value is -3.24. The Bertz CT molecular complexity index is 1210. The molecule has 0 heterocycles. The summed E-state index contributed by atoms with van der Waals surface area (Å²) in [7, 11) is -3.89. The molecule has 8 nitrogen and oxygen atoms in total. The number of anilines is 2. The lowest BCUT2D eigenvalue weighted by atomic mass is 10.2. The lowest BCUT2D eigenvalue weighted by Crippen LogP contribution is -2.16. The van der Waals surface area contributed by atoms with Gasteiger partial charge in [-0.15, -0.1) is 0 Å². The fourth-order valence-corrected chi connectivity index (χ4v) is 4.23. The van der Waals surface area contributed by atoms with Gasteiger partial charge in [0.05, 0.1) is 9.82 Å². The normalized spacial score (nSPS) is 11.0. The zero-order valence-corrected chi connectivity index (χ0v) is 18.0. The number of carbonyl (C=O) groups is 1. The van der Waals surface area contributed by atoms with Crippen molar-refractivity contribution in [2.75, 3.05) is 10.0 Å². The molecule has 3 rings (SSSR count). The Morgan fingerprint density at radius 1 is 0.967 bits per heavy atom. The Labute approximate surface area is 181 Å². The molecule has 3 aromatic rings. The maximum absolute atomic E-state index is 12.8. The highest BCUT2D eigenvalue weighted by atomic mass is 79.9. The topological polar surface area (TPSA) is 118 Å². The van der Waals surface area contributed by atoms with Crippen molar-refractivity contribution in [3.05, 3.63) is 92.4 Å². The largest absolute Gasteiger partial charge is 0.322 e. The van der Waals surface area contributed by atoms with E-state index in [4.69, 9.17) is 0 Å². The molecule has 10 heteroatoms. The average Bonchev–Trinajstić information content (AvgIpc) is 2.71. The molecule has 0 radical (unpaired) electrons. The van der Waals surface area contributed by atoms with E-state index in [2.05, 4.69) is 26.0 Å². The van der Waals surface area contributed by atoms with Crippen molar-refractivity contribution in [2.45, 2.75) is 11.8 Å². The van der Waals surface area contributed by atoms with Crippen LogP contribution in [0.15, 0.2) is 76.1 Å². The summed E-state index contributed by atoms with van der Waals surface area (Å²) in [5.41, 5.74) is 1.26. The third-order valence-electron chi connectivity index (χ3n) is 4.17. The van der Waals surface area contributed by atoms with Crippen molar-refractivity contribution in [3.8, 4) is 0 Å². The first-order chi connectivity index (χ1) is 14.2. The Kier molecular flexibility index (Phi) is 6.18. The van der Waals surface area contributed by atoms with E-state index in [1.807, 2.05) is 0 Å². The van der Waals surface area contributed by atoms with Gasteiger partial charge < -0.3 is 5.32 Å². The highest BCUT2D eigenvalue weighted by molar-refractivity contribution is 9.10. The number of sulfonamides is 1. The number of nitro benzene ring substituents is 1. The summed E-state index contributed by atoms with van der Waals surface area (Å²) in [6.07, 6.45) is 0. The summed E-state index contributed by atoms with van der Waals surface area (Å²) in [5.74, 6) is -0.516. The van der Waals surface area contributed by atoms with Crippen molar-refractivity contribution >= 4 is 48.9 Å². The first-order valence-corrected chi connectivity index (χ1v) is 10.9. The van der Waals surface area contributed by atoms with Crippen LogP contribution in [0.25, 0.3) is 0 Å². The molecular formula is C20H16BrN3O5S. The minimum absolute atomic E-state index is 0.0203. The molecule has 154 valence electrons. The second-order valence-corrected chi connectivity index (χ2v) is 8.92. The number of benzene rings is 3. The third-order valence-corrected chi connectivity index (χ3v) is 6.22. The molecule has 0 aliphatic carbocycles.